The second-order valence-electron chi connectivity index (χ2n) is 8.02. The molecule has 0 aliphatic rings. The van der Waals surface area contributed by atoms with E-state index in [-0.39, 0.29) is 26.2 Å². The van der Waals surface area contributed by atoms with Gasteiger partial charge in [-0.1, -0.05) is 71.6 Å². The third-order valence-corrected chi connectivity index (χ3v) is 5.49. The molecule has 0 spiro atoms. The van der Waals surface area contributed by atoms with Crippen LogP contribution in [0, 0.1) is 20.8 Å². The van der Waals surface area contributed by atoms with Gasteiger partial charge in [0, 0.05) is 0 Å². The molecule has 4 aromatic carbocycles. The van der Waals surface area contributed by atoms with E-state index < -0.39 is 0 Å². The Morgan fingerprint density at radius 1 is 0.543 bits per heavy atom. The second-order valence-corrected chi connectivity index (χ2v) is 8.02. The van der Waals surface area contributed by atoms with Crippen LogP contribution in [-0.4, -0.2) is 0 Å². The van der Waals surface area contributed by atoms with Crippen molar-refractivity contribution >= 4 is 0 Å². The summed E-state index contributed by atoms with van der Waals surface area (Å²) >= 11 is 0. The SMILES string of the molecule is CCc1c[c-](CC)c(CC)c1CC.[CH2-]c1ccccc1.[CH2-]c1ccccc1.[CH2-]c1ccccc1.[Zr+4]. The first-order valence-electron chi connectivity index (χ1n) is 12.4. The number of benzene rings is 3. The van der Waals surface area contributed by atoms with Crippen molar-refractivity contribution in [1.82, 2.24) is 0 Å². The molecule has 0 aliphatic carbocycles. The average Bonchev–Trinajstić information content (AvgIpc) is 3.23. The maximum absolute atomic E-state index is 3.72. The summed E-state index contributed by atoms with van der Waals surface area (Å²) in [7, 11) is 0. The molecule has 35 heavy (non-hydrogen) atoms. The van der Waals surface area contributed by atoms with Crippen LogP contribution in [0.3, 0.4) is 0 Å². The van der Waals surface area contributed by atoms with Gasteiger partial charge in [0.1, 0.15) is 0 Å². The van der Waals surface area contributed by atoms with E-state index in [0.29, 0.717) is 0 Å². The van der Waals surface area contributed by atoms with Gasteiger partial charge in [-0.3, -0.25) is 0 Å². The summed E-state index contributed by atoms with van der Waals surface area (Å²) in [5.41, 5.74) is 9.63. The Morgan fingerprint density at radius 2 is 0.914 bits per heavy atom. The van der Waals surface area contributed by atoms with Crippen molar-refractivity contribution in [1.29, 1.82) is 0 Å². The number of hydrogen-bond donors (Lipinski definition) is 0. The molecule has 182 valence electrons. The summed E-state index contributed by atoms with van der Waals surface area (Å²) in [4.78, 5) is 0. The second kappa shape index (κ2) is 19.8. The Bertz CT molecular complexity index is 883. The standard InChI is InChI=1S/C13H21.3C7H7.Zr/c1-5-10-9-11(6-2)13(8-4)12(10)7-3;3*1-7-5-3-2-4-6-7;/h9H,5-8H2,1-4H3;3*2-6H,1H2;/q4*-1;+4. The fourth-order valence-corrected chi connectivity index (χ4v) is 3.72. The molecule has 0 saturated heterocycles. The summed E-state index contributed by atoms with van der Waals surface area (Å²) in [6.45, 7) is 20.2. The molecule has 0 saturated carbocycles. The molecule has 0 aromatic heterocycles. The van der Waals surface area contributed by atoms with Crippen LogP contribution >= 0.6 is 0 Å². The maximum atomic E-state index is 3.72. The average molecular weight is 542 g/mol. The molecule has 0 atom stereocenters. The molecule has 0 unspecified atom stereocenters. The summed E-state index contributed by atoms with van der Waals surface area (Å²) in [6.07, 6.45) is 4.78. The van der Waals surface area contributed by atoms with Crippen LogP contribution in [0.25, 0.3) is 0 Å². The van der Waals surface area contributed by atoms with E-state index in [0.717, 1.165) is 16.7 Å². The molecule has 1 heteroatoms. The molecular weight excluding hydrogens is 500 g/mol. The van der Waals surface area contributed by atoms with E-state index >= 15 is 0 Å². The van der Waals surface area contributed by atoms with E-state index in [2.05, 4.69) is 54.5 Å². The van der Waals surface area contributed by atoms with Gasteiger partial charge in [0.25, 0.3) is 0 Å². The van der Waals surface area contributed by atoms with Crippen LogP contribution < -0.4 is 0 Å². The van der Waals surface area contributed by atoms with Crippen molar-refractivity contribution in [2.75, 3.05) is 0 Å². The van der Waals surface area contributed by atoms with Gasteiger partial charge in [-0.2, -0.15) is 102 Å². The molecule has 0 aliphatic heterocycles. The van der Waals surface area contributed by atoms with Crippen molar-refractivity contribution in [2.45, 2.75) is 53.4 Å². The maximum Gasteiger partial charge on any atom is 4.00 e. The molecule has 0 bridgehead atoms. The minimum atomic E-state index is 0. The van der Waals surface area contributed by atoms with Gasteiger partial charge in [-0.15, -0.1) is 36.4 Å². The summed E-state index contributed by atoms with van der Waals surface area (Å²) < 4.78 is 0. The number of aryl methyl sites for hydroxylation is 2. The summed E-state index contributed by atoms with van der Waals surface area (Å²) in [5, 5.41) is 0. The van der Waals surface area contributed by atoms with Gasteiger partial charge in [0.2, 0.25) is 0 Å². The quantitative estimate of drug-likeness (QED) is 0.226. The zero-order chi connectivity index (χ0) is 25.2. The largest absolute Gasteiger partial charge is 4.00 e. The molecular formula is C34H42Zr. The van der Waals surface area contributed by atoms with E-state index in [4.69, 9.17) is 0 Å². The van der Waals surface area contributed by atoms with Gasteiger partial charge in [-0.25, -0.2) is 0 Å². The predicted octanol–water partition coefficient (Wildman–Crippen LogP) is 9.26. The Balaban J connectivity index is 0.000000456. The van der Waals surface area contributed by atoms with E-state index in [1.807, 2.05) is 91.0 Å². The topological polar surface area (TPSA) is 0 Å². The third-order valence-electron chi connectivity index (χ3n) is 5.49. The first-order valence-corrected chi connectivity index (χ1v) is 12.4. The van der Waals surface area contributed by atoms with Gasteiger partial charge < -0.3 is 0 Å². The summed E-state index contributed by atoms with van der Waals surface area (Å²) in [6, 6.07) is 32.0. The number of rotatable bonds is 4. The zero-order valence-corrected chi connectivity index (χ0v) is 24.6. The van der Waals surface area contributed by atoms with E-state index in [1.165, 1.54) is 25.7 Å². The van der Waals surface area contributed by atoms with Crippen molar-refractivity contribution in [3.05, 3.63) is 157 Å². The minimum Gasteiger partial charge on any atom is -0.199 e. The molecule has 0 heterocycles. The fraction of sp³-hybridized carbons (Fsp3) is 0.235. The van der Waals surface area contributed by atoms with Gasteiger partial charge in [0.15, 0.2) is 0 Å². The van der Waals surface area contributed by atoms with Crippen molar-refractivity contribution < 1.29 is 26.2 Å². The van der Waals surface area contributed by atoms with Crippen LogP contribution in [0.2, 0.25) is 0 Å². The van der Waals surface area contributed by atoms with Gasteiger partial charge in [0.05, 0.1) is 0 Å². The van der Waals surface area contributed by atoms with Crippen LogP contribution in [0.4, 0.5) is 0 Å². The predicted molar refractivity (Wildman–Crippen MR) is 152 cm³/mol. The molecule has 0 fully saturated rings. The van der Waals surface area contributed by atoms with Crippen LogP contribution in [0.1, 0.15) is 66.6 Å². The van der Waals surface area contributed by atoms with Crippen LogP contribution in [-0.2, 0) is 51.9 Å². The Morgan fingerprint density at radius 3 is 1.11 bits per heavy atom. The Hall–Kier alpha value is -2.50. The summed E-state index contributed by atoms with van der Waals surface area (Å²) in [5.74, 6) is 0. The van der Waals surface area contributed by atoms with E-state index in [1.54, 1.807) is 22.3 Å². The Kier molecular flexibility index (Phi) is 18.4. The first kappa shape index (κ1) is 32.5. The van der Waals surface area contributed by atoms with Crippen LogP contribution in [0.15, 0.2) is 97.1 Å². The van der Waals surface area contributed by atoms with Crippen molar-refractivity contribution in [3.63, 3.8) is 0 Å². The molecule has 0 amide bonds. The smallest absolute Gasteiger partial charge is 0.199 e. The zero-order valence-electron chi connectivity index (χ0n) is 22.2. The first-order chi connectivity index (χ1) is 16.5. The van der Waals surface area contributed by atoms with Crippen molar-refractivity contribution in [2.24, 2.45) is 0 Å². The van der Waals surface area contributed by atoms with Crippen LogP contribution in [0.5, 0.6) is 0 Å². The third kappa shape index (κ3) is 13.2. The Labute approximate surface area is 235 Å². The molecule has 4 rings (SSSR count). The fourth-order valence-electron chi connectivity index (χ4n) is 3.72. The molecule has 0 N–H and O–H groups in total. The van der Waals surface area contributed by atoms with E-state index in [9.17, 15) is 0 Å². The van der Waals surface area contributed by atoms with Gasteiger partial charge in [-0.05, 0) is 0 Å². The number of hydrogen-bond acceptors (Lipinski definition) is 0. The molecule has 0 nitrogen and oxygen atoms in total. The minimum absolute atomic E-state index is 0. The van der Waals surface area contributed by atoms with Gasteiger partial charge >= 0.3 is 26.2 Å². The van der Waals surface area contributed by atoms with Crippen molar-refractivity contribution in [3.8, 4) is 0 Å². The normalized spacial score (nSPS) is 9.14. The molecule has 4 aromatic rings. The molecule has 0 radical (unpaired) electrons. The monoisotopic (exact) mass is 540 g/mol.